The topological polar surface area (TPSA) is 114 Å². The van der Waals surface area contributed by atoms with E-state index in [0.29, 0.717) is 13.1 Å². The van der Waals surface area contributed by atoms with Crippen LogP contribution in [0.3, 0.4) is 0 Å². The predicted molar refractivity (Wildman–Crippen MR) is 80.1 cm³/mol. The Kier molecular flexibility index (Phi) is 6.67. The monoisotopic (exact) mass is 276 g/mol. The van der Waals surface area contributed by atoms with Gasteiger partial charge in [-0.1, -0.05) is 12.1 Å². The van der Waals surface area contributed by atoms with Gasteiger partial charge in [0.1, 0.15) is 5.75 Å². The average molecular weight is 276 g/mol. The van der Waals surface area contributed by atoms with Gasteiger partial charge in [0.2, 0.25) is 5.91 Å². The molecule has 0 unspecified atom stereocenters. The first-order valence-electron chi connectivity index (χ1n) is 6.38. The Morgan fingerprint density at radius 3 is 2.60 bits per heavy atom. The zero-order valence-electron chi connectivity index (χ0n) is 11.2. The number of benzene rings is 1. The lowest BCUT2D eigenvalue weighted by Crippen LogP contribution is -2.24. The first-order chi connectivity index (χ1) is 9.58. The van der Waals surface area contributed by atoms with Crippen molar-refractivity contribution in [2.45, 2.75) is 12.8 Å². The maximum atomic E-state index is 11.5. The Morgan fingerprint density at radius 2 is 1.95 bits per heavy atom. The molecule has 108 valence electrons. The quantitative estimate of drug-likeness (QED) is 0.252. The molecule has 0 bridgehead atoms. The van der Waals surface area contributed by atoms with Crippen molar-refractivity contribution in [2.75, 3.05) is 13.1 Å². The third kappa shape index (κ3) is 7.05. The number of unbranched alkanes of at least 4 members (excludes halogenated alkanes) is 1. The highest BCUT2D eigenvalue weighted by atomic mass is 16.3. The van der Waals surface area contributed by atoms with E-state index in [9.17, 15) is 4.79 Å². The number of nitrogens with zero attached hydrogens (tertiary/aromatic N) is 1. The molecule has 0 saturated carbocycles. The van der Waals surface area contributed by atoms with Crippen LogP contribution >= 0.6 is 0 Å². The van der Waals surface area contributed by atoms with Crippen molar-refractivity contribution >= 4 is 17.9 Å². The van der Waals surface area contributed by atoms with Crippen LogP contribution in [0.4, 0.5) is 0 Å². The SMILES string of the molecule is NC(N)=NCCCCNC(=O)C=Cc1ccc(O)cc1. The number of aromatic hydroxyl groups is 1. The number of amides is 1. The van der Waals surface area contributed by atoms with Gasteiger partial charge in [0, 0.05) is 19.2 Å². The highest BCUT2D eigenvalue weighted by Gasteiger charge is 1.95. The molecule has 20 heavy (non-hydrogen) atoms. The van der Waals surface area contributed by atoms with E-state index in [-0.39, 0.29) is 17.6 Å². The van der Waals surface area contributed by atoms with Crippen LogP contribution in [-0.2, 0) is 4.79 Å². The lowest BCUT2D eigenvalue weighted by atomic mass is 10.2. The summed E-state index contributed by atoms with van der Waals surface area (Å²) in [5.41, 5.74) is 11.2. The van der Waals surface area contributed by atoms with Gasteiger partial charge in [0.25, 0.3) is 0 Å². The maximum absolute atomic E-state index is 11.5. The van der Waals surface area contributed by atoms with Gasteiger partial charge in [-0.2, -0.15) is 0 Å². The molecule has 1 aromatic carbocycles. The van der Waals surface area contributed by atoms with Crippen LogP contribution in [0, 0.1) is 0 Å². The number of hydrogen-bond acceptors (Lipinski definition) is 3. The number of hydrogen-bond donors (Lipinski definition) is 4. The van der Waals surface area contributed by atoms with Crippen molar-refractivity contribution in [1.29, 1.82) is 0 Å². The lowest BCUT2D eigenvalue weighted by molar-refractivity contribution is -0.116. The summed E-state index contributed by atoms with van der Waals surface area (Å²) in [5.74, 6) is 0.137. The fraction of sp³-hybridized carbons (Fsp3) is 0.286. The van der Waals surface area contributed by atoms with E-state index < -0.39 is 0 Å². The molecular weight excluding hydrogens is 256 g/mol. The van der Waals surface area contributed by atoms with Gasteiger partial charge in [0.15, 0.2) is 5.96 Å². The number of phenolic OH excluding ortho intramolecular Hbond substituents is 1. The van der Waals surface area contributed by atoms with E-state index >= 15 is 0 Å². The smallest absolute Gasteiger partial charge is 0.243 e. The molecule has 0 heterocycles. The molecule has 0 atom stereocenters. The second-order valence-corrected chi connectivity index (χ2v) is 4.23. The first-order valence-corrected chi connectivity index (χ1v) is 6.38. The minimum absolute atomic E-state index is 0.0888. The molecule has 6 N–H and O–H groups in total. The summed E-state index contributed by atoms with van der Waals surface area (Å²) in [6.45, 7) is 1.15. The molecule has 0 saturated heterocycles. The molecule has 6 heteroatoms. The highest BCUT2D eigenvalue weighted by Crippen LogP contribution is 2.10. The maximum Gasteiger partial charge on any atom is 0.243 e. The van der Waals surface area contributed by atoms with Crippen molar-refractivity contribution in [1.82, 2.24) is 5.32 Å². The Balaban J connectivity index is 2.20. The Hall–Kier alpha value is -2.50. The number of carbonyl (C=O) groups excluding carboxylic acids is 1. The second kappa shape index (κ2) is 8.58. The summed E-state index contributed by atoms with van der Waals surface area (Å²) in [7, 11) is 0. The normalized spacial score (nSPS) is 10.4. The number of phenols is 1. The number of aliphatic imine (C=N–C) groups is 1. The van der Waals surface area contributed by atoms with Crippen LogP contribution in [0.25, 0.3) is 6.08 Å². The predicted octanol–water partition coefficient (Wildman–Crippen LogP) is 0.575. The van der Waals surface area contributed by atoms with Crippen molar-refractivity contribution in [2.24, 2.45) is 16.5 Å². The Morgan fingerprint density at radius 1 is 1.25 bits per heavy atom. The van der Waals surface area contributed by atoms with Gasteiger partial charge >= 0.3 is 0 Å². The van der Waals surface area contributed by atoms with Crippen LogP contribution in [0.5, 0.6) is 5.75 Å². The minimum Gasteiger partial charge on any atom is -0.508 e. The highest BCUT2D eigenvalue weighted by molar-refractivity contribution is 5.91. The van der Waals surface area contributed by atoms with E-state index in [1.54, 1.807) is 30.3 Å². The molecular formula is C14H20N4O2. The zero-order chi connectivity index (χ0) is 14.8. The fourth-order valence-electron chi connectivity index (χ4n) is 1.47. The van der Waals surface area contributed by atoms with Gasteiger partial charge in [-0.25, -0.2) is 0 Å². The number of carbonyl (C=O) groups is 1. The summed E-state index contributed by atoms with van der Waals surface area (Å²) >= 11 is 0. The molecule has 0 radical (unpaired) electrons. The van der Waals surface area contributed by atoms with Gasteiger partial charge in [-0.05, 0) is 36.6 Å². The van der Waals surface area contributed by atoms with Crippen LogP contribution in [0.1, 0.15) is 18.4 Å². The number of rotatable bonds is 7. The molecule has 1 aromatic rings. The lowest BCUT2D eigenvalue weighted by Gasteiger charge is -2.01. The Labute approximate surface area is 118 Å². The standard InChI is InChI=1S/C14H20N4O2/c15-14(16)18-10-2-1-9-17-13(20)8-5-11-3-6-12(19)7-4-11/h3-8,19H,1-2,9-10H2,(H,17,20)(H4,15,16,18). The molecule has 0 aliphatic rings. The van der Waals surface area contributed by atoms with Crippen molar-refractivity contribution in [3.05, 3.63) is 35.9 Å². The molecule has 0 spiro atoms. The van der Waals surface area contributed by atoms with Crippen molar-refractivity contribution in [3.8, 4) is 5.75 Å². The number of nitrogens with two attached hydrogens (primary N) is 2. The molecule has 0 aliphatic heterocycles. The van der Waals surface area contributed by atoms with Crippen molar-refractivity contribution in [3.63, 3.8) is 0 Å². The van der Waals surface area contributed by atoms with Gasteiger partial charge in [0.05, 0.1) is 0 Å². The molecule has 6 nitrogen and oxygen atoms in total. The Bertz CT molecular complexity index is 476. The summed E-state index contributed by atoms with van der Waals surface area (Å²) in [6.07, 6.45) is 4.78. The third-order valence-electron chi connectivity index (χ3n) is 2.50. The van der Waals surface area contributed by atoms with Crippen LogP contribution in [-0.4, -0.2) is 30.1 Å². The largest absolute Gasteiger partial charge is 0.508 e. The summed E-state index contributed by atoms with van der Waals surface area (Å²) in [5, 5.41) is 11.9. The molecule has 1 rings (SSSR count). The van der Waals surface area contributed by atoms with Crippen LogP contribution in [0.2, 0.25) is 0 Å². The summed E-state index contributed by atoms with van der Waals surface area (Å²) < 4.78 is 0. The number of guanidine groups is 1. The zero-order valence-corrected chi connectivity index (χ0v) is 11.2. The van der Waals surface area contributed by atoms with E-state index in [4.69, 9.17) is 16.6 Å². The van der Waals surface area contributed by atoms with Crippen LogP contribution in [0.15, 0.2) is 35.3 Å². The van der Waals surface area contributed by atoms with Gasteiger partial charge in [-0.15, -0.1) is 0 Å². The number of nitrogens with one attached hydrogen (secondary N) is 1. The van der Waals surface area contributed by atoms with E-state index in [0.717, 1.165) is 18.4 Å². The molecule has 0 aromatic heterocycles. The second-order valence-electron chi connectivity index (χ2n) is 4.23. The van der Waals surface area contributed by atoms with E-state index in [2.05, 4.69) is 10.3 Å². The molecule has 0 aliphatic carbocycles. The first kappa shape index (κ1) is 15.6. The summed E-state index contributed by atoms with van der Waals surface area (Å²) in [4.78, 5) is 15.4. The third-order valence-corrected chi connectivity index (χ3v) is 2.50. The van der Waals surface area contributed by atoms with Gasteiger partial charge < -0.3 is 21.9 Å². The fourth-order valence-corrected chi connectivity index (χ4v) is 1.47. The molecule has 1 amide bonds. The van der Waals surface area contributed by atoms with Gasteiger partial charge in [-0.3, -0.25) is 9.79 Å². The van der Waals surface area contributed by atoms with Crippen molar-refractivity contribution < 1.29 is 9.90 Å². The summed E-state index contributed by atoms with van der Waals surface area (Å²) in [6, 6.07) is 6.60. The molecule has 0 fully saturated rings. The van der Waals surface area contributed by atoms with E-state index in [1.165, 1.54) is 6.08 Å². The van der Waals surface area contributed by atoms with Crippen LogP contribution < -0.4 is 16.8 Å². The van der Waals surface area contributed by atoms with E-state index in [1.807, 2.05) is 0 Å². The average Bonchev–Trinajstić information content (AvgIpc) is 2.41. The minimum atomic E-state index is -0.153.